The van der Waals surface area contributed by atoms with Crippen LogP contribution in [0.5, 0.6) is 0 Å². The van der Waals surface area contributed by atoms with Crippen molar-refractivity contribution >= 4 is 44.1 Å². The van der Waals surface area contributed by atoms with Gasteiger partial charge in [-0.15, -0.1) is 0 Å². The molecule has 9 heteroatoms. The number of nitrogens with one attached hydrogen (secondary N) is 1. The predicted molar refractivity (Wildman–Crippen MR) is 133 cm³/mol. The van der Waals surface area contributed by atoms with E-state index in [0.29, 0.717) is 33.8 Å². The van der Waals surface area contributed by atoms with Gasteiger partial charge >= 0.3 is 12.1 Å². The van der Waals surface area contributed by atoms with Gasteiger partial charge in [-0.05, 0) is 54.3 Å². The number of anilines is 2. The lowest BCUT2D eigenvalue weighted by Gasteiger charge is -2.14. The molecule has 1 aromatic heterocycles. The van der Waals surface area contributed by atoms with Crippen LogP contribution in [0.25, 0.3) is 21.3 Å². The summed E-state index contributed by atoms with van der Waals surface area (Å²) in [7, 11) is 0. The molecule has 1 saturated carbocycles. The van der Waals surface area contributed by atoms with E-state index in [2.05, 4.69) is 10.3 Å². The topological polar surface area (TPSA) is 79.3 Å². The molecule has 184 valence electrons. The monoisotopic (exact) mass is 510 g/mol. The zero-order valence-corrected chi connectivity index (χ0v) is 19.7. The summed E-state index contributed by atoms with van der Waals surface area (Å²) in [5, 5.41) is 13.0. The Balaban J connectivity index is 1.28. The van der Waals surface area contributed by atoms with Gasteiger partial charge in [-0.25, -0.2) is 4.98 Å². The number of fused-ring (bicyclic) bond motifs is 1. The molecular formula is C27H21F3N2O3S. The SMILES string of the molecule is O=C(O)C1CCCC1C(=O)c1ccc(-c2ccc(Nc3nc4ccc(C(F)(F)F)cc4s3)cc2)cc1. The summed E-state index contributed by atoms with van der Waals surface area (Å²) >= 11 is 1.15. The number of carbonyl (C=O) groups excluding carboxylic acids is 1. The minimum atomic E-state index is -4.40. The third-order valence-electron chi connectivity index (χ3n) is 6.52. The number of carboxylic acid groups (broad SMARTS) is 1. The molecule has 0 bridgehead atoms. The van der Waals surface area contributed by atoms with Crippen molar-refractivity contribution in [3.63, 3.8) is 0 Å². The highest BCUT2D eigenvalue weighted by Gasteiger charge is 2.38. The number of alkyl halides is 3. The number of benzene rings is 3. The van der Waals surface area contributed by atoms with Crippen molar-refractivity contribution in [2.45, 2.75) is 25.4 Å². The van der Waals surface area contributed by atoms with Gasteiger partial charge in [-0.3, -0.25) is 9.59 Å². The Labute approximate surface area is 208 Å². The quantitative estimate of drug-likeness (QED) is 0.264. The maximum absolute atomic E-state index is 13.0. The lowest BCUT2D eigenvalue weighted by atomic mass is 9.88. The van der Waals surface area contributed by atoms with Gasteiger partial charge in [0.25, 0.3) is 0 Å². The number of rotatable bonds is 6. The van der Waals surface area contributed by atoms with Crippen molar-refractivity contribution in [2.75, 3.05) is 5.32 Å². The summed E-state index contributed by atoms with van der Waals surface area (Å²) in [6, 6.07) is 18.1. The summed E-state index contributed by atoms with van der Waals surface area (Å²) in [5.41, 5.74) is 2.87. The number of hydrogen-bond donors (Lipinski definition) is 2. The molecule has 1 fully saturated rings. The van der Waals surface area contributed by atoms with Crippen LogP contribution >= 0.6 is 11.3 Å². The molecule has 0 aliphatic heterocycles. The fourth-order valence-electron chi connectivity index (χ4n) is 4.63. The van der Waals surface area contributed by atoms with E-state index in [1.54, 1.807) is 12.1 Å². The average Bonchev–Trinajstić information content (AvgIpc) is 3.50. The zero-order chi connectivity index (χ0) is 25.4. The Morgan fingerprint density at radius 2 is 1.56 bits per heavy atom. The smallest absolute Gasteiger partial charge is 0.416 e. The standard InChI is InChI=1S/C27H21F3N2O3S/c28-27(29,30)18-10-13-22-23(14-18)36-26(32-22)31-19-11-8-16(9-12-19)15-4-6-17(7-5-15)24(33)20-2-1-3-21(20)25(34)35/h4-14,20-21H,1-3H2,(H,31,32)(H,34,35). The minimum Gasteiger partial charge on any atom is -0.481 e. The van der Waals surface area contributed by atoms with E-state index in [9.17, 15) is 27.9 Å². The van der Waals surface area contributed by atoms with E-state index in [-0.39, 0.29) is 5.78 Å². The van der Waals surface area contributed by atoms with Crippen LogP contribution in [0.1, 0.15) is 35.2 Å². The van der Waals surface area contributed by atoms with Gasteiger partial charge in [-0.2, -0.15) is 13.2 Å². The van der Waals surface area contributed by atoms with E-state index in [1.807, 2.05) is 36.4 Å². The molecule has 4 aromatic rings. The third kappa shape index (κ3) is 4.83. The molecule has 0 amide bonds. The van der Waals surface area contributed by atoms with Crippen molar-refractivity contribution in [2.24, 2.45) is 11.8 Å². The van der Waals surface area contributed by atoms with Gasteiger partial charge < -0.3 is 10.4 Å². The Bertz CT molecular complexity index is 1430. The zero-order valence-electron chi connectivity index (χ0n) is 18.9. The first-order valence-electron chi connectivity index (χ1n) is 11.4. The normalized spacial score (nSPS) is 17.9. The van der Waals surface area contributed by atoms with Crippen molar-refractivity contribution in [3.8, 4) is 11.1 Å². The number of Topliss-reactive ketones (excluding diaryl/α,β-unsaturated/α-hetero) is 1. The number of carboxylic acids is 1. The number of ketones is 1. The molecule has 5 rings (SSSR count). The van der Waals surface area contributed by atoms with Crippen molar-refractivity contribution < 1.29 is 27.9 Å². The maximum Gasteiger partial charge on any atom is 0.416 e. The summed E-state index contributed by atoms with van der Waals surface area (Å²) in [4.78, 5) is 28.6. The van der Waals surface area contributed by atoms with Gasteiger partial charge in [0.15, 0.2) is 10.9 Å². The van der Waals surface area contributed by atoms with E-state index in [4.69, 9.17) is 0 Å². The Kier molecular flexibility index (Phi) is 6.26. The van der Waals surface area contributed by atoms with Gasteiger partial charge in [0.2, 0.25) is 0 Å². The largest absolute Gasteiger partial charge is 0.481 e. The van der Waals surface area contributed by atoms with Crippen molar-refractivity contribution in [1.29, 1.82) is 0 Å². The van der Waals surface area contributed by atoms with Crippen LogP contribution in [-0.4, -0.2) is 21.8 Å². The highest BCUT2D eigenvalue weighted by Crippen LogP contribution is 2.36. The number of halogens is 3. The Morgan fingerprint density at radius 1 is 0.917 bits per heavy atom. The second-order valence-electron chi connectivity index (χ2n) is 8.83. The molecule has 0 spiro atoms. The molecule has 1 heterocycles. The van der Waals surface area contributed by atoms with Crippen LogP contribution in [0.4, 0.5) is 24.0 Å². The molecule has 36 heavy (non-hydrogen) atoms. The first-order chi connectivity index (χ1) is 17.2. The number of carbonyl (C=O) groups is 2. The molecule has 5 nitrogen and oxygen atoms in total. The molecule has 1 aliphatic rings. The van der Waals surface area contributed by atoms with E-state index >= 15 is 0 Å². The molecule has 2 N–H and O–H groups in total. The average molecular weight is 511 g/mol. The summed E-state index contributed by atoms with van der Waals surface area (Å²) in [6.45, 7) is 0. The van der Waals surface area contributed by atoms with Crippen LogP contribution in [0.3, 0.4) is 0 Å². The summed E-state index contributed by atoms with van der Waals surface area (Å²) in [6.07, 6.45) is -2.51. The second-order valence-corrected chi connectivity index (χ2v) is 9.86. The fraction of sp³-hybridized carbons (Fsp3) is 0.222. The first-order valence-corrected chi connectivity index (χ1v) is 12.2. The molecule has 0 radical (unpaired) electrons. The number of thiazole rings is 1. The van der Waals surface area contributed by atoms with Crippen LogP contribution in [0, 0.1) is 11.8 Å². The van der Waals surface area contributed by atoms with Gasteiger partial charge in [0, 0.05) is 17.2 Å². The molecule has 2 unspecified atom stereocenters. The molecule has 2 atom stereocenters. The Morgan fingerprint density at radius 3 is 2.19 bits per heavy atom. The van der Waals surface area contributed by atoms with Gasteiger partial charge in [0.1, 0.15) is 0 Å². The number of aliphatic carboxylic acids is 1. The highest BCUT2D eigenvalue weighted by atomic mass is 32.1. The van der Waals surface area contributed by atoms with Crippen molar-refractivity contribution in [1.82, 2.24) is 4.98 Å². The second kappa shape index (κ2) is 9.39. The van der Waals surface area contributed by atoms with Crippen LogP contribution in [-0.2, 0) is 11.0 Å². The highest BCUT2D eigenvalue weighted by molar-refractivity contribution is 7.22. The molecule has 0 saturated heterocycles. The van der Waals surface area contributed by atoms with Gasteiger partial charge in [-0.1, -0.05) is 54.2 Å². The van der Waals surface area contributed by atoms with E-state index in [0.717, 1.165) is 46.7 Å². The number of nitrogens with zero attached hydrogens (tertiary/aromatic N) is 1. The molecule has 1 aliphatic carbocycles. The lowest BCUT2D eigenvalue weighted by molar-refractivity contribution is -0.142. The molecule has 3 aromatic carbocycles. The molecular weight excluding hydrogens is 489 g/mol. The minimum absolute atomic E-state index is 0.121. The maximum atomic E-state index is 13.0. The van der Waals surface area contributed by atoms with Crippen molar-refractivity contribution in [3.05, 3.63) is 77.9 Å². The van der Waals surface area contributed by atoms with Gasteiger partial charge in [0.05, 0.1) is 21.7 Å². The number of hydrogen-bond acceptors (Lipinski definition) is 5. The fourth-order valence-corrected chi connectivity index (χ4v) is 5.56. The third-order valence-corrected chi connectivity index (χ3v) is 7.46. The predicted octanol–water partition coefficient (Wildman–Crippen LogP) is 7.41. The first kappa shape index (κ1) is 24.0. The number of aromatic nitrogens is 1. The van der Waals surface area contributed by atoms with E-state index < -0.39 is 29.5 Å². The summed E-state index contributed by atoms with van der Waals surface area (Å²) in [5.74, 6) is -2.11. The Hall–Kier alpha value is -3.72. The van der Waals surface area contributed by atoms with Crippen LogP contribution in [0.2, 0.25) is 0 Å². The lowest BCUT2D eigenvalue weighted by Crippen LogP contribution is -2.25. The van der Waals surface area contributed by atoms with Crippen LogP contribution in [0.15, 0.2) is 66.7 Å². The van der Waals surface area contributed by atoms with E-state index in [1.165, 1.54) is 6.07 Å². The summed E-state index contributed by atoms with van der Waals surface area (Å²) < 4.78 is 39.3. The van der Waals surface area contributed by atoms with Crippen LogP contribution < -0.4 is 5.32 Å².